The summed E-state index contributed by atoms with van der Waals surface area (Å²) in [6.07, 6.45) is 14.1. The average molecular weight is 136 g/mol. The number of hydrogen-bond acceptors (Lipinski definition) is 0. The molecule has 0 bridgehead atoms. The van der Waals surface area contributed by atoms with Gasteiger partial charge in [-0.25, -0.2) is 0 Å². The monoisotopic (exact) mass is 136 g/mol. The molecule has 1 atom stereocenters. The molecule has 1 heteroatoms. The number of rotatable bonds is 0. The van der Waals surface area contributed by atoms with E-state index in [1.807, 2.05) is 42.5 Å². The Morgan fingerprint density at radius 3 is 2.44 bits per heavy atom. The Labute approximate surface area is 57.9 Å². The molecule has 1 aliphatic rings. The highest BCUT2D eigenvalue weighted by molar-refractivity contribution is 7.22. The topological polar surface area (TPSA) is 0 Å². The molecule has 0 amide bonds. The number of hydrogen-bond donors (Lipinski definition) is 0. The maximum atomic E-state index is 2.65. The predicted octanol–water partition coefficient (Wildman–Crippen LogP) is 2.43. The second kappa shape index (κ2) is 3.42. The van der Waals surface area contributed by atoms with Gasteiger partial charge in [-0.1, -0.05) is 42.5 Å². The molecular weight excluding hydrogens is 127 g/mol. The molecule has 0 heterocycles. The molecule has 0 aromatic heterocycles. The van der Waals surface area contributed by atoms with Crippen molar-refractivity contribution in [3.63, 3.8) is 0 Å². The lowest BCUT2D eigenvalue weighted by molar-refractivity contribution is 1.78. The first-order valence-corrected chi connectivity index (χ1v) is 3.44. The van der Waals surface area contributed by atoms with Crippen LogP contribution in [0.5, 0.6) is 0 Å². The van der Waals surface area contributed by atoms with Crippen molar-refractivity contribution in [3.8, 4) is 0 Å². The van der Waals surface area contributed by atoms with Crippen molar-refractivity contribution in [2.75, 3.05) is 0 Å². The first-order valence-electron chi connectivity index (χ1n) is 2.87. The first kappa shape index (κ1) is 6.51. The molecule has 0 fully saturated rings. The van der Waals surface area contributed by atoms with Crippen LogP contribution in [-0.4, -0.2) is 0 Å². The summed E-state index contributed by atoms with van der Waals surface area (Å²) in [5.41, 5.74) is 0. The lowest BCUT2D eigenvalue weighted by Gasteiger charge is -1.87. The molecule has 0 aromatic carbocycles. The van der Waals surface area contributed by atoms with Gasteiger partial charge in [-0.05, 0) is 5.31 Å². The van der Waals surface area contributed by atoms with E-state index >= 15 is 0 Å². The summed E-state index contributed by atoms with van der Waals surface area (Å²) in [4.78, 5) is 0. The zero-order valence-electron chi connectivity index (χ0n) is 5.12. The van der Waals surface area contributed by atoms with Crippen LogP contribution in [0.4, 0.5) is 0 Å². The van der Waals surface area contributed by atoms with E-state index in [9.17, 15) is 0 Å². The standard InChI is InChI=1S/C8H9P/c9-8-6-4-2-1-3-5-7-8/h1-7H,9H2/b2-1-,3-1?,4-2?,5-3-,6-4-,7-5?,8-6?,8-7+. The molecule has 0 radical (unpaired) electrons. The van der Waals surface area contributed by atoms with Gasteiger partial charge in [-0.2, -0.15) is 0 Å². The van der Waals surface area contributed by atoms with Crippen LogP contribution in [0.3, 0.4) is 0 Å². The summed E-state index contributed by atoms with van der Waals surface area (Å²) in [7, 11) is 2.65. The minimum atomic E-state index is 1.20. The summed E-state index contributed by atoms with van der Waals surface area (Å²) in [6.45, 7) is 0. The van der Waals surface area contributed by atoms with E-state index in [1.54, 1.807) is 0 Å². The van der Waals surface area contributed by atoms with Gasteiger partial charge < -0.3 is 0 Å². The summed E-state index contributed by atoms with van der Waals surface area (Å²) in [5, 5.41) is 1.20. The highest BCUT2D eigenvalue weighted by Crippen LogP contribution is 2.08. The Balaban J connectivity index is 2.77. The summed E-state index contributed by atoms with van der Waals surface area (Å²) in [5.74, 6) is 0. The molecule has 0 saturated carbocycles. The molecule has 0 N–H and O–H groups in total. The summed E-state index contributed by atoms with van der Waals surface area (Å²) >= 11 is 0. The Morgan fingerprint density at radius 1 is 0.889 bits per heavy atom. The van der Waals surface area contributed by atoms with Gasteiger partial charge in [-0.15, -0.1) is 9.24 Å². The van der Waals surface area contributed by atoms with Crippen LogP contribution >= 0.6 is 9.24 Å². The van der Waals surface area contributed by atoms with Crippen LogP contribution in [0.1, 0.15) is 0 Å². The maximum Gasteiger partial charge on any atom is -0.0303 e. The van der Waals surface area contributed by atoms with Gasteiger partial charge >= 0.3 is 0 Å². The molecule has 1 aliphatic carbocycles. The third-order valence-corrected chi connectivity index (χ3v) is 1.41. The molecule has 9 heavy (non-hydrogen) atoms. The fraction of sp³-hybridized carbons (Fsp3) is 0. The van der Waals surface area contributed by atoms with E-state index in [0.717, 1.165) is 0 Å². The molecule has 0 spiro atoms. The van der Waals surface area contributed by atoms with E-state index in [4.69, 9.17) is 0 Å². The fourth-order valence-electron chi connectivity index (χ4n) is 0.581. The SMILES string of the molecule is PC1=C/C=C\C=C/C=C\1. The van der Waals surface area contributed by atoms with Crippen molar-refractivity contribution in [2.24, 2.45) is 0 Å². The van der Waals surface area contributed by atoms with Gasteiger partial charge in [0, 0.05) is 0 Å². The van der Waals surface area contributed by atoms with Crippen LogP contribution in [0.15, 0.2) is 47.8 Å². The van der Waals surface area contributed by atoms with Crippen LogP contribution in [-0.2, 0) is 0 Å². The van der Waals surface area contributed by atoms with Crippen molar-refractivity contribution in [1.82, 2.24) is 0 Å². The van der Waals surface area contributed by atoms with Crippen LogP contribution in [0.25, 0.3) is 0 Å². The van der Waals surface area contributed by atoms with E-state index in [2.05, 4.69) is 9.24 Å². The molecule has 1 unspecified atom stereocenters. The van der Waals surface area contributed by atoms with Gasteiger partial charge in [0.15, 0.2) is 0 Å². The molecule has 0 saturated heterocycles. The lowest BCUT2D eigenvalue weighted by Crippen LogP contribution is -1.62. The second-order valence-corrected chi connectivity index (χ2v) is 2.46. The molecule has 0 aromatic rings. The molecule has 1 rings (SSSR count). The van der Waals surface area contributed by atoms with E-state index < -0.39 is 0 Å². The van der Waals surface area contributed by atoms with Crippen molar-refractivity contribution < 1.29 is 0 Å². The fourth-order valence-corrected chi connectivity index (χ4v) is 0.804. The summed E-state index contributed by atoms with van der Waals surface area (Å²) in [6, 6.07) is 0. The minimum absolute atomic E-state index is 1.20. The van der Waals surface area contributed by atoms with Gasteiger partial charge in [0.25, 0.3) is 0 Å². The van der Waals surface area contributed by atoms with Gasteiger partial charge in [0.05, 0.1) is 0 Å². The van der Waals surface area contributed by atoms with Gasteiger partial charge in [-0.3, -0.25) is 0 Å². The summed E-state index contributed by atoms with van der Waals surface area (Å²) < 4.78 is 0. The second-order valence-electron chi connectivity index (χ2n) is 1.80. The Kier molecular flexibility index (Phi) is 2.48. The maximum absolute atomic E-state index is 2.65. The molecule has 0 aliphatic heterocycles. The molecule has 46 valence electrons. The third-order valence-electron chi connectivity index (χ3n) is 1.02. The van der Waals surface area contributed by atoms with Crippen molar-refractivity contribution >= 4 is 9.24 Å². The Morgan fingerprint density at radius 2 is 1.56 bits per heavy atom. The van der Waals surface area contributed by atoms with Gasteiger partial charge in [0.2, 0.25) is 0 Å². The van der Waals surface area contributed by atoms with Crippen molar-refractivity contribution in [2.45, 2.75) is 0 Å². The number of allylic oxidation sites excluding steroid dienone is 8. The van der Waals surface area contributed by atoms with Crippen LogP contribution < -0.4 is 0 Å². The quantitative estimate of drug-likeness (QED) is 0.448. The Hall–Kier alpha value is -0.610. The van der Waals surface area contributed by atoms with Crippen LogP contribution in [0, 0.1) is 0 Å². The van der Waals surface area contributed by atoms with Gasteiger partial charge in [0.1, 0.15) is 0 Å². The first-order chi connectivity index (χ1) is 4.39. The normalized spacial score (nSPS) is 33.2. The average Bonchev–Trinajstić information content (AvgIpc) is 1.79. The molecule has 0 nitrogen and oxygen atoms in total. The van der Waals surface area contributed by atoms with E-state index in [1.165, 1.54) is 5.31 Å². The lowest BCUT2D eigenvalue weighted by atomic mass is 10.3. The van der Waals surface area contributed by atoms with Crippen molar-refractivity contribution in [3.05, 3.63) is 47.8 Å². The highest BCUT2D eigenvalue weighted by Gasteiger charge is 1.77. The van der Waals surface area contributed by atoms with Crippen molar-refractivity contribution in [1.29, 1.82) is 0 Å². The van der Waals surface area contributed by atoms with E-state index in [-0.39, 0.29) is 0 Å². The zero-order chi connectivity index (χ0) is 6.53. The predicted molar refractivity (Wildman–Crippen MR) is 45.2 cm³/mol. The molecular formula is C8H9P. The van der Waals surface area contributed by atoms with E-state index in [0.29, 0.717) is 0 Å². The zero-order valence-corrected chi connectivity index (χ0v) is 6.27. The smallest absolute Gasteiger partial charge is 0.0303 e. The highest BCUT2D eigenvalue weighted by atomic mass is 31.0. The minimum Gasteiger partial charge on any atom is -0.106 e. The van der Waals surface area contributed by atoms with Crippen LogP contribution in [0.2, 0.25) is 0 Å². The largest absolute Gasteiger partial charge is 0.106 e. The Bertz CT molecular complexity index is 195. The third kappa shape index (κ3) is 2.43.